The molecule has 0 saturated carbocycles. The predicted molar refractivity (Wildman–Crippen MR) is 93.4 cm³/mol. The molecule has 0 unspecified atom stereocenters. The highest BCUT2D eigenvalue weighted by Crippen LogP contribution is 2.14. The zero-order valence-electron chi connectivity index (χ0n) is 14.1. The van der Waals surface area contributed by atoms with Crippen molar-refractivity contribution in [1.29, 1.82) is 5.41 Å². The minimum absolute atomic E-state index is 0.0149. The summed E-state index contributed by atoms with van der Waals surface area (Å²) >= 11 is 0. The van der Waals surface area contributed by atoms with Crippen LogP contribution in [0.4, 0.5) is 4.79 Å². The number of hydrogen-bond acceptors (Lipinski definition) is 4. The van der Waals surface area contributed by atoms with Crippen molar-refractivity contribution in [3.63, 3.8) is 0 Å². The van der Waals surface area contributed by atoms with Crippen molar-refractivity contribution in [2.45, 2.75) is 33.0 Å². The number of rotatable bonds is 4. The number of benzene rings is 2. The Balaban J connectivity index is 1.89. The number of hydrogen-bond donors (Lipinski definition) is 2. The van der Waals surface area contributed by atoms with Crippen molar-refractivity contribution >= 4 is 11.9 Å². The van der Waals surface area contributed by atoms with E-state index in [1.54, 1.807) is 45.0 Å². The van der Waals surface area contributed by atoms with Gasteiger partial charge in [-0.25, -0.2) is 4.79 Å². The molecule has 1 amide bonds. The lowest BCUT2D eigenvalue weighted by molar-refractivity contribution is 0.0563. The molecule has 0 radical (unpaired) electrons. The number of nitrogens with one attached hydrogen (secondary N) is 2. The first-order chi connectivity index (χ1) is 11.3. The monoisotopic (exact) mass is 326 g/mol. The van der Waals surface area contributed by atoms with Crippen LogP contribution in [0, 0.1) is 5.41 Å². The molecule has 0 aliphatic rings. The molecule has 0 heterocycles. The van der Waals surface area contributed by atoms with E-state index in [0.717, 1.165) is 5.56 Å². The zero-order chi connectivity index (χ0) is 17.6. The summed E-state index contributed by atoms with van der Waals surface area (Å²) in [5, 5.41) is 10.3. The Morgan fingerprint density at radius 2 is 1.67 bits per heavy atom. The Labute approximate surface area is 142 Å². The van der Waals surface area contributed by atoms with Crippen LogP contribution in [-0.4, -0.2) is 17.5 Å². The zero-order valence-corrected chi connectivity index (χ0v) is 14.1. The van der Waals surface area contributed by atoms with Crippen LogP contribution in [0.5, 0.6) is 5.75 Å². The summed E-state index contributed by atoms with van der Waals surface area (Å²) in [5.74, 6) is 0.687. The quantitative estimate of drug-likeness (QED) is 0.656. The van der Waals surface area contributed by atoms with E-state index in [-0.39, 0.29) is 5.84 Å². The first-order valence-corrected chi connectivity index (χ1v) is 7.69. The van der Waals surface area contributed by atoms with Gasteiger partial charge in [0.05, 0.1) is 0 Å². The number of carbonyl (C=O) groups is 1. The molecule has 0 aliphatic heterocycles. The van der Waals surface area contributed by atoms with Gasteiger partial charge in [0.25, 0.3) is 0 Å². The minimum atomic E-state index is -0.642. The Morgan fingerprint density at radius 1 is 1.04 bits per heavy atom. The molecule has 2 aromatic rings. The van der Waals surface area contributed by atoms with E-state index in [0.29, 0.717) is 17.9 Å². The Kier molecular flexibility index (Phi) is 5.58. The molecule has 2 aromatic carbocycles. The Morgan fingerprint density at radius 3 is 2.25 bits per heavy atom. The molecular formula is C19H22N2O3. The van der Waals surface area contributed by atoms with Crippen LogP contribution in [0.1, 0.15) is 31.9 Å². The second kappa shape index (κ2) is 7.64. The summed E-state index contributed by atoms with van der Waals surface area (Å²) in [5.41, 5.74) is 1.06. The van der Waals surface area contributed by atoms with Crippen molar-refractivity contribution in [2.75, 3.05) is 0 Å². The van der Waals surface area contributed by atoms with E-state index < -0.39 is 11.7 Å². The lowest BCUT2D eigenvalue weighted by Gasteiger charge is -2.19. The first-order valence-electron chi connectivity index (χ1n) is 7.69. The largest absolute Gasteiger partial charge is 0.489 e. The molecule has 0 spiro atoms. The third-order valence-electron chi connectivity index (χ3n) is 3.02. The molecule has 24 heavy (non-hydrogen) atoms. The summed E-state index contributed by atoms with van der Waals surface area (Å²) < 4.78 is 10.8. The van der Waals surface area contributed by atoms with Gasteiger partial charge < -0.3 is 9.47 Å². The fourth-order valence-corrected chi connectivity index (χ4v) is 1.94. The van der Waals surface area contributed by atoms with Crippen LogP contribution in [0.25, 0.3) is 0 Å². The molecule has 2 N–H and O–H groups in total. The maximum Gasteiger partial charge on any atom is 0.413 e. The van der Waals surface area contributed by atoms with Gasteiger partial charge in [0.15, 0.2) is 0 Å². The second-order valence-corrected chi connectivity index (χ2v) is 6.30. The van der Waals surface area contributed by atoms with Crippen LogP contribution >= 0.6 is 0 Å². The topological polar surface area (TPSA) is 71.4 Å². The molecular weight excluding hydrogens is 304 g/mol. The van der Waals surface area contributed by atoms with Crippen molar-refractivity contribution in [2.24, 2.45) is 0 Å². The molecule has 0 atom stereocenters. The van der Waals surface area contributed by atoms with Crippen LogP contribution in [0.2, 0.25) is 0 Å². The van der Waals surface area contributed by atoms with E-state index in [2.05, 4.69) is 5.32 Å². The number of carbonyl (C=O) groups excluding carboxylic acids is 1. The lowest BCUT2D eigenvalue weighted by Crippen LogP contribution is -2.36. The number of amidine groups is 1. The molecule has 5 nitrogen and oxygen atoms in total. The highest BCUT2D eigenvalue weighted by molar-refractivity contribution is 6.04. The molecule has 0 saturated heterocycles. The van der Waals surface area contributed by atoms with Gasteiger partial charge in [0.2, 0.25) is 0 Å². The fourth-order valence-electron chi connectivity index (χ4n) is 1.94. The molecule has 126 valence electrons. The van der Waals surface area contributed by atoms with Gasteiger partial charge in [-0.15, -0.1) is 0 Å². The van der Waals surface area contributed by atoms with Crippen molar-refractivity contribution in [3.05, 3.63) is 65.7 Å². The van der Waals surface area contributed by atoms with Crippen molar-refractivity contribution in [3.8, 4) is 5.75 Å². The van der Waals surface area contributed by atoms with Gasteiger partial charge in [-0.05, 0) is 50.6 Å². The van der Waals surface area contributed by atoms with E-state index in [1.165, 1.54) is 0 Å². The third-order valence-corrected chi connectivity index (χ3v) is 3.02. The number of alkyl carbamates (subject to hydrolysis) is 1. The van der Waals surface area contributed by atoms with Gasteiger partial charge in [-0.1, -0.05) is 30.3 Å². The average molecular weight is 326 g/mol. The molecule has 0 fully saturated rings. The van der Waals surface area contributed by atoms with Gasteiger partial charge in [0, 0.05) is 5.56 Å². The molecule has 5 heteroatoms. The third kappa shape index (κ3) is 5.76. The molecule has 2 rings (SSSR count). The molecule has 0 bridgehead atoms. The van der Waals surface area contributed by atoms with Crippen LogP contribution in [0.3, 0.4) is 0 Å². The van der Waals surface area contributed by atoms with Crippen LogP contribution in [0.15, 0.2) is 54.6 Å². The summed E-state index contributed by atoms with van der Waals surface area (Å²) in [4.78, 5) is 11.7. The summed E-state index contributed by atoms with van der Waals surface area (Å²) in [7, 11) is 0. The Bertz CT molecular complexity index is 689. The van der Waals surface area contributed by atoms with Crippen LogP contribution in [-0.2, 0) is 11.3 Å². The summed E-state index contributed by atoms with van der Waals surface area (Å²) in [6, 6.07) is 16.9. The lowest BCUT2D eigenvalue weighted by atomic mass is 10.2. The van der Waals surface area contributed by atoms with Gasteiger partial charge in [-0.3, -0.25) is 10.7 Å². The standard InChI is InChI=1S/C19H22N2O3/c1-19(2,3)24-18(22)21-17(20)15-9-11-16(12-10-15)23-13-14-7-5-4-6-8-14/h4-12H,13H2,1-3H3,(H2,20,21,22). The number of ether oxygens (including phenoxy) is 2. The second-order valence-electron chi connectivity index (χ2n) is 6.30. The maximum atomic E-state index is 11.7. The smallest absolute Gasteiger partial charge is 0.413 e. The van der Waals surface area contributed by atoms with Gasteiger partial charge in [-0.2, -0.15) is 0 Å². The first kappa shape index (κ1) is 17.5. The highest BCUT2D eigenvalue weighted by Gasteiger charge is 2.17. The average Bonchev–Trinajstić information content (AvgIpc) is 2.52. The van der Waals surface area contributed by atoms with E-state index in [4.69, 9.17) is 14.9 Å². The Hall–Kier alpha value is -2.82. The highest BCUT2D eigenvalue weighted by atomic mass is 16.6. The SMILES string of the molecule is CC(C)(C)OC(=O)NC(=N)c1ccc(OCc2ccccc2)cc1. The van der Waals surface area contributed by atoms with Crippen LogP contribution < -0.4 is 10.1 Å². The normalized spacial score (nSPS) is 10.8. The number of amides is 1. The maximum absolute atomic E-state index is 11.7. The minimum Gasteiger partial charge on any atom is -0.489 e. The van der Waals surface area contributed by atoms with Crippen molar-refractivity contribution in [1.82, 2.24) is 5.32 Å². The van der Waals surface area contributed by atoms with E-state index in [1.807, 2.05) is 30.3 Å². The summed E-state index contributed by atoms with van der Waals surface area (Å²) in [6.45, 7) is 5.80. The summed E-state index contributed by atoms with van der Waals surface area (Å²) in [6.07, 6.45) is -0.642. The fraction of sp³-hybridized carbons (Fsp3) is 0.263. The van der Waals surface area contributed by atoms with E-state index >= 15 is 0 Å². The van der Waals surface area contributed by atoms with E-state index in [9.17, 15) is 4.79 Å². The van der Waals surface area contributed by atoms with Crippen molar-refractivity contribution < 1.29 is 14.3 Å². The molecule has 0 aromatic heterocycles. The van der Waals surface area contributed by atoms with Gasteiger partial charge in [0.1, 0.15) is 23.8 Å². The molecule has 0 aliphatic carbocycles. The predicted octanol–water partition coefficient (Wildman–Crippen LogP) is 4.12. The van der Waals surface area contributed by atoms with Gasteiger partial charge >= 0.3 is 6.09 Å².